The lowest BCUT2D eigenvalue weighted by Gasteiger charge is -2.20. The zero-order chi connectivity index (χ0) is 17.0. The topological polar surface area (TPSA) is 74.0 Å². The highest BCUT2D eigenvalue weighted by molar-refractivity contribution is 5.77. The zero-order valence-electron chi connectivity index (χ0n) is 13.4. The Morgan fingerprint density at radius 3 is 2.70 bits per heavy atom. The van der Waals surface area contributed by atoms with Gasteiger partial charge in [-0.25, -0.2) is 9.37 Å². The molecule has 2 rings (SSSR count). The van der Waals surface area contributed by atoms with Crippen molar-refractivity contribution in [1.82, 2.24) is 14.9 Å². The Morgan fingerprint density at radius 1 is 1.39 bits per heavy atom. The van der Waals surface area contributed by atoms with Crippen molar-refractivity contribution in [3.05, 3.63) is 52.0 Å². The average Bonchev–Trinajstić information content (AvgIpc) is 2.48. The molecule has 0 bridgehead atoms. The zero-order valence-corrected chi connectivity index (χ0v) is 13.4. The maximum Gasteiger partial charge on any atom is 0.258 e. The molecular formula is C16H20FN5O. The van der Waals surface area contributed by atoms with Crippen LogP contribution in [0.1, 0.15) is 11.5 Å². The molecule has 0 spiro atoms. The summed E-state index contributed by atoms with van der Waals surface area (Å²) in [6.07, 6.45) is 1.08. The van der Waals surface area contributed by atoms with Crippen LogP contribution in [0, 0.1) is 25.1 Å². The van der Waals surface area contributed by atoms with Crippen molar-refractivity contribution in [2.24, 2.45) is 0 Å². The van der Waals surface area contributed by atoms with Gasteiger partial charge in [0, 0.05) is 30.9 Å². The summed E-state index contributed by atoms with van der Waals surface area (Å²) in [5, 5.41) is 10.4. The molecule has 0 saturated heterocycles. The highest BCUT2D eigenvalue weighted by atomic mass is 19.1. The lowest BCUT2D eigenvalue weighted by molar-refractivity contribution is 0.623. The minimum atomic E-state index is -0.492. The first-order valence-electron chi connectivity index (χ1n) is 7.27. The quantitative estimate of drug-likeness (QED) is 0.627. The summed E-state index contributed by atoms with van der Waals surface area (Å²) in [5.74, 6) is 0.00946. The smallest absolute Gasteiger partial charge is 0.258 e. The van der Waals surface area contributed by atoms with Gasteiger partial charge in [0.1, 0.15) is 11.6 Å². The van der Waals surface area contributed by atoms with Gasteiger partial charge in [0.25, 0.3) is 5.56 Å². The van der Waals surface area contributed by atoms with Crippen molar-refractivity contribution in [2.75, 3.05) is 25.0 Å². The molecule has 0 radical (unpaired) electrons. The lowest BCUT2D eigenvalue weighted by Crippen LogP contribution is -2.30. The van der Waals surface area contributed by atoms with Crippen molar-refractivity contribution in [3.8, 4) is 5.69 Å². The molecule has 23 heavy (non-hydrogen) atoms. The fourth-order valence-corrected chi connectivity index (χ4v) is 2.41. The van der Waals surface area contributed by atoms with Crippen LogP contribution in [0.5, 0.6) is 0 Å². The molecule has 7 heteroatoms. The second kappa shape index (κ2) is 7.15. The summed E-state index contributed by atoms with van der Waals surface area (Å²) in [7, 11) is 1.79. The predicted molar refractivity (Wildman–Crippen MR) is 89.3 cm³/mol. The number of aryl methyl sites for hydroxylation is 2. The first-order valence-corrected chi connectivity index (χ1v) is 7.27. The summed E-state index contributed by atoms with van der Waals surface area (Å²) in [5.41, 5.74) is 1.09. The van der Waals surface area contributed by atoms with E-state index >= 15 is 0 Å². The summed E-state index contributed by atoms with van der Waals surface area (Å²) in [6, 6.07) is 5.92. The fraction of sp³-hybridized carbons (Fsp3) is 0.312. The van der Waals surface area contributed by atoms with E-state index in [1.807, 2.05) is 0 Å². The molecule has 6 nitrogen and oxygen atoms in total. The van der Waals surface area contributed by atoms with E-state index < -0.39 is 5.82 Å². The molecule has 2 N–H and O–H groups in total. The predicted octanol–water partition coefficient (Wildman–Crippen LogP) is 1.62. The minimum Gasteiger partial charge on any atom is -0.329 e. The molecule has 0 amide bonds. The monoisotopic (exact) mass is 317 g/mol. The van der Waals surface area contributed by atoms with E-state index in [-0.39, 0.29) is 5.56 Å². The molecule has 122 valence electrons. The van der Waals surface area contributed by atoms with Crippen molar-refractivity contribution >= 4 is 12.0 Å². The molecule has 0 unspecified atom stereocenters. The third-order valence-corrected chi connectivity index (χ3v) is 3.47. The molecule has 0 fully saturated rings. The number of hydrogen-bond donors (Lipinski definition) is 2. The van der Waals surface area contributed by atoms with Gasteiger partial charge in [0.05, 0.1) is 17.7 Å². The third kappa shape index (κ3) is 3.62. The van der Waals surface area contributed by atoms with Gasteiger partial charge in [-0.15, -0.1) is 0 Å². The number of nitrogens with one attached hydrogen (secondary N) is 2. The summed E-state index contributed by atoms with van der Waals surface area (Å²) < 4.78 is 15.8. The van der Waals surface area contributed by atoms with E-state index in [0.717, 1.165) is 6.34 Å². The molecule has 0 aliphatic carbocycles. The molecule has 2 aromatic rings. The Morgan fingerprint density at radius 2 is 2.13 bits per heavy atom. The molecule has 1 heterocycles. The highest BCUT2D eigenvalue weighted by Crippen LogP contribution is 2.21. The number of nitrogens with zero attached hydrogens (tertiary/aromatic N) is 3. The molecule has 0 aliphatic rings. The molecule has 0 aliphatic heterocycles. The molecular weight excluding hydrogens is 297 g/mol. The van der Waals surface area contributed by atoms with E-state index in [1.54, 1.807) is 33.0 Å². The maximum atomic E-state index is 14.4. The summed E-state index contributed by atoms with van der Waals surface area (Å²) in [6.45, 7) is 4.54. The van der Waals surface area contributed by atoms with Crippen LogP contribution in [0.15, 0.2) is 29.1 Å². The van der Waals surface area contributed by atoms with Crippen LogP contribution >= 0.6 is 0 Å². The van der Waals surface area contributed by atoms with Gasteiger partial charge in [-0.05, 0) is 33.0 Å². The van der Waals surface area contributed by atoms with Gasteiger partial charge < -0.3 is 10.2 Å². The number of anilines is 1. The molecule has 1 aromatic heterocycles. The maximum absolute atomic E-state index is 14.4. The van der Waals surface area contributed by atoms with Gasteiger partial charge >= 0.3 is 0 Å². The van der Waals surface area contributed by atoms with Gasteiger partial charge in [-0.2, -0.15) is 0 Å². The van der Waals surface area contributed by atoms with Crippen LogP contribution in [-0.2, 0) is 0 Å². The number of aromatic nitrogens is 2. The van der Waals surface area contributed by atoms with E-state index in [0.29, 0.717) is 36.0 Å². The van der Waals surface area contributed by atoms with Crippen LogP contribution < -0.4 is 15.8 Å². The largest absolute Gasteiger partial charge is 0.329 e. The number of hydrogen-bond acceptors (Lipinski definition) is 4. The first kappa shape index (κ1) is 16.8. The van der Waals surface area contributed by atoms with Crippen LogP contribution in [-0.4, -0.2) is 36.0 Å². The van der Waals surface area contributed by atoms with Crippen LogP contribution in [0.2, 0.25) is 0 Å². The number of rotatable bonds is 6. The second-order valence-electron chi connectivity index (χ2n) is 5.18. The van der Waals surface area contributed by atoms with Gasteiger partial charge in [-0.3, -0.25) is 14.8 Å². The number of likely N-dealkylation sites (N-methyl/N-ethyl adjacent to an activating group) is 1. The van der Waals surface area contributed by atoms with Crippen molar-refractivity contribution in [2.45, 2.75) is 13.8 Å². The van der Waals surface area contributed by atoms with E-state index in [2.05, 4.69) is 10.3 Å². The van der Waals surface area contributed by atoms with Crippen LogP contribution in [0.4, 0.5) is 10.1 Å². The van der Waals surface area contributed by atoms with Crippen LogP contribution in [0.3, 0.4) is 0 Å². The molecule has 0 atom stereocenters. The molecule has 0 saturated carbocycles. The molecule has 1 aromatic carbocycles. The van der Waals surface area contributed by atoms with E-state index in [1.165, 1.54) is 21.6 Å². The van der Waals surface area contributed by atoms with E-state index in [9.17, 15) is 9.18 Å². The fourth-order valence-electron chi connectivity index (χ4n) is 2.41. The Kier molecular flexibility index (Phi) is 5.23. The third-order valence-electron chi connectivity index (χ3n) is 3.47. The highest BCUT2D eigenvalue weighted by Gasteiger charge is 2.12. The van der Waals surface area contributed by atoms with Crippen LogP contribution in [0.25, 0.3) is 5.69 Å². The average molecular weight is 317 g/mol. The number of halogens is 1. The Labute approximate surface area is 134 Å². The normalized spacial score (nSPS) is 10.6. The Balaban J connectivity index is 2.44. The second-order valence-corrected chi connectivity index (χ2v) is 5.18. The summed E-state index contributed by atoms with van der Waals surface area (Å²) in [4.78, 5) is 17.9. The van der Waals surface area contributed by atoms with Crippen molar-refractivity contribution in [1.29, 1.82) is 5.41 Å². The summed E-state index contributed by atoms with van der Waals surface area (Å²) >= 11 is 0. The standard InChI is InChI=1S/C16H20FN5O/c1-11-8-16(23)22(12(2)20-11)13-4-5-15(14(17)9-13)21(10-18)7-6-19-3/h4-5,8-10,18-19H,6-7H2,1-3H3. The Bertz CT molecular complexity index is 772. The SMILES string of the molecule is CNCCN(C=N)c1ccc(-n2c(C)nc(C)cc2=O)cc1F. The van der Waals surface area contributed by atoms with Crippen molar-refractivity contribution in [3.63, 3.8) is 0 Å². The van der Waals surface area contributed by atoms with Gasteiger partial charge in [0.15, 0.2) is 0 Å². The van der Waals surface area contributed by atoms with Gasteiger partial charge in [0.2, 0.25) is 0 Å². The Hall–Kier alpha value is -2.54. The van der Waals surface area contributed by atoms with Crippen molar-refractivity contribution < 1.29 is 4.39 Å². The first-order chi connectivity index (χ1) is 11.0. The van der Waals surface area contributed by atoms with Gasteiger partial charge in [-0.1, -0.05) is 0 Å². The lowest BCUT2D eigenvalue weighted by atomic mass is 10.2. The number of benzene rings is 1. The van der Waals surface area contributed by atoms with E-state index in [4.69, 9.17) is 5.41 Å². The minimum absolute atomic E-state index is 0.249.